The number of rotatable bonds is 3. The van der Waals surface area contributed by atoms with Crippen LogP contribution in [0.4, 0.5) is 0 Å². The molecule has 1 aliphatic rings. The summed E-state index contributed by atoms with van der Waals surface area (Å²) in [5, 5.41) is 12.1. The largest absolute Gasteiger partial charge is 0.381 e. The van der Waals surface area contributed by atoms with Gasteiger partial charge in [-0.15, -0.1) is 5.10 Å². The van der Waals surface area contributed by atoms with Crippen LogP contribution < -0.4 is 0 Å². The summed E-state index contributed by atoms with van der Waals surface area (Å²) >= 11 is 1.80. The number of nitrogens with one attached hydrogen (secondary N) is 1. The van der Waals surface area contributed by atoms with Gasteiger partial charge in [-0.05, 0) is 18.8 Å². The van der Waals surface area contributed by atoms with Crippen molar-refractivity contribution >= 4 is 11.8 Å². The molecule has 2 rings (SSSR count). The Morgan fingerprint density at radius 1 is 1.57 bits per heavy atom. The number of aromatic amines is 1. The van der Waals surface area contributed by atoms with Gasteiger partial charge in [-0.2, -0.15) is 10.3 Å². The monoisotopic (exact) mass is 213 g/mol. The molecule has 78 valence electrons. The number of hydrogen-bond donors (Lipinski definition) is 1. The molecule has 1 N–H and O–H groups in total. The van der Waals surface area contributed by atoms with Gasteiger partial charge in [0.15, 0.2) is 0 Å². The van der Waals surface area contributed by atoms with Crippen LogP contribution in [-0.4, -0.2) is 33.9 Å². The van der Waals surface area contributed by atoms with Gasteiger partial charge in [-0.3, -0.25) is 0 Å². The van der Waals surface area contributed by atoms with Crippen LogP contribution in [0.3, 0.4) is 0 Å². The quantitative estimate of drug-likeness (QED) is 0.777. The summed E-state index contributed by atoms with van der Waals surface area (Å²) < 4.78 is 5.34. The summed E-state index contributed by atoms with van der Waals surface area (Å²) in [7, 11) is 0. The minimum absolute atomic E-state index is 0.601. The molecule has 1 atom stereocenters. The van der Waals surface area contributed by atoms with E-state index in [-0.39, 0.29) is 0 Å². The molecule has 1 aromatic rings. The summed E-state index contributed by atoms with van der Waals surface area (Å²) in [4.78, 5) is 0. The van der Waals surface area contributed by atoms with Crippen molar-refractivity contribution in [3.05, 3.63) is 6.20 Å². The average molecular weight is 213 g/mol. The first-order valence-corrected chi connectivity index (χ1v) is 5.84. The van der Waals surface area contributed by atoms with E-state index in [1.54, 1.807) is 18.0 Å². The van der Waals surface area contributed by atoms with Crippen molar-refractivity contribution in [2.24, 2.45) is 5.92 Å². The highest BCUT2D eigenvalue weighted by Gasteiger charge is 2.21. The molecule has 0 unspecified atom stereocenters. The number of ether oxygens (including phenoxy) is 1. The van der Waals surface area contributed by atoms with Crippen LogP contribution in [0.1, 0.15) is 19.8 Å². The normalized spacial score (nSPS) is 20.9. The van der Waals surface area contributed by atoms with Gasteiger partial charge >= 0.3 is 0 Å². The third-order valence-corrected chi connectivity index (χ3v) is 3.82. The molecule has 0 saturated carbocycles. The predicted octanol–water partition coefficient (Wildman–Crippen LogP) is 1.71. The second-order valence-electron chi connectivity index (χ2n) is 3.58. The van der Waals surface area contributed by atoms with Crippen molar-refractivity contribution in [3.8, 4) is 0 Å². The van der Waals surface area contributed by atoms with Gasteiger partial charge < -0.3 is 4.74 Å². The highest BCUT2D eigenvalue weighted by molar-refractivity contribution is 7.99. The fourth-order valence-corrected chi connectivity index (χ4v) is 2.77. The molecule has 1 saturated heterocycles. The van der Waals surface area contributed by atoms with E-state index in [0.717, 1.165) is 24.2 Å². The zero-order valence-corrected chi connectivity index (χ0v) is 9.09. The van der Waals surface area contributed by atoms with Gasteiger partial charge in [0.25, 0.3) is 0 Å². The second kappa shape index (κ2) is 4.79. The van der Waals surface area contributed by atoms with Crippen molar-refractivity contribution in [2.45, 2.75) is 30.0 Å². The maximum absolute atomic E-state index is 5.34. The molecule has 0 aromatic carbocycles. The summed E-state index contributed by atoms with van der Waals surface area (Å²) in [5.74, 6) is 0.755. The lowest BCUT2D eigenvalue weighted by Crippen LogP contribution is -2.23. The Morgan fingerprint density at radius 2 is 2.36 bits per heavy atom. The van der Waals surface area contributed by atoms with Crippen LogP contribution in [0, 0.1) is 5.92 Å². The van der Waals surface area contributed by atoms with Crippen LogP contribution in [0.2, 0.25) is 0 Å². The summed E-state index contributed by atoms with van der Waals surface area (Å²) in [6.07, 6.45) is 4.12. The Hall–Kier alpha value is -0.550. The van der Waals surface area contributed by atoms with Crippen molar-refractivity contribution in [1.29, 1.82) is 0 Å². The van der Waals surface area contributed by atoms with Gasteiger partial charge in [-0.25, -0.2) is 0 Å². The Kier molecular flexibility index (Phi) is 3.42. The van der Waals surface area contributed by atoms with Crippen LogP contribution in [0.25, 0.3) is 0 Å². The van der Waals surface area contributed by atoms with Crippen molar-refractivity contribution in [3.63, 3.8) is 0 Å². The molecule has 1 aliphatic heterocycles. The van der Waals surface area contributed by atoms with E-state index in [4.69, 9.17) is 4.74 Å². The molecule has 4 nitrogen and oxygen atoms in total. The lowest BCUT2D eigenvalue weighted by Gasteiger charge is -2.26. The van der Waals surface area contributed by atoms with Crippen LogP contribution in [-0.2, 0) is 4.74 Å². The van der Waals surface area contributed by atoms with Crippen molar-refractivity contribution < 1.29 is 4.74 Å². The topological polar surface area (TPSA) is 50.8 Å². The zero-order valence-electron chi connectivity index (χ0n) is 8.27. The molecule has 1 aromatic heterocycles. The van der Waals surface area contributed by atoms with Gasteiger partial charge in [0.1, 0.15) is 5.03 Å². The van der Waals surface area contributed by atoms with Gasteiger partial charge in [0.2, 0.25) is 0 Å². The lowest BCUT2D eigenvalue weighted by molar-refractivity contribution is 0.0669. The van der Waals surface area contributed by atoms with E-state index >= 15 is 0 Å². The Morgan fingerprint density at radius 3 is 3.00 bits per heavy atom. The summed E-state index contributed by atoms with van der Waals surface area (Å²) in [6.45, 7) is 4.08. The van der Waals surface area contributed by atoms with E-state index in [1.165, 1.54) is 12.8 Å². The number of aromatic nitrogens is 3. The molecule has 0 aliphatic carbocycles. The fourth-order valence-electron chi connectivity index (χ4n) is 1.72. The molecule has 5 heteroatoms. The summed E-state index contributed by atoms with van der Waals surface area (Å²) in [6, 6.07) is 0. The first kappa shape index (κ1) is 9.98. The Balaban J connectivity index is 1.85. The van der Waals surface area contributed by atoms with E-state index in [9.17, 15) is 0 Å². The molecule has 1 fully saturated rings. The Labute approximate surface area is 87.8 Å². The van der Waals surface area contributed by atoms with Crippen molar-refractivity contribution in [1.82, 2.24) is 15.4 Å². The predicted molar refractivity (Wildman–Crippen MR) is 55.2 cm³/mol. The minimum atomic E-state index is 0.601. The number of H-pyrrole nitrogens is 1. The lowest BCUT2D eigenvalue weighted by atomic mass is 9.97. The first-order chi connectivity index (χ1) is 6.86. The third kappa shape index (κ3) is 2.48. The number of hydrogen-bond acceptors (Lipinski definition) is 4. The van der Waals surface area contributed by atoms with Crippen LogP contribution in [0.15, 0.2) is 11.2 Å². The van der Waals surface area contributed by atoms with Crippen molar-refractivity contribution in [2.75, 3.05) is 13.2 Å². The van der Waals surface area contributed by atoms with Gasteiger partial charge in [0.05, 0.1) is 6.20 Å². The second-order valence-corrected chi connectivity index (χ2v) is 4.98. The SMILES string of the molecule is C[C@@H](Sc1cn[nH]n1)C1CCOCC1. The van der Waals surface area contributed by atoms with E-state index < -0.39 is 0 Å². The summed E-state index contributed by atoms with van der Waals surface area (Å²) in [5.41, 5.74) is 0. The Bertz CT molecular complexity index is 259. The molecule has 2 heterocycles. The molecular weight excluding hydrogens is 198 g/mol. The zero-order chi connectivity index (χ0) is 9.80. The standard InChI is InChI=1S/C9H15N3OS/c1-7(8-2-4-13-5-3-8)14-9-6-10-12-11-9/h6-8H,2-5H2,1H3,(H,10,11,12)/t7-/m1/s1. The van der Waals surface area contributed by atoms with Gasteiger partial charge in [0, 0.05) is 18.5 Å². The van der Waals surface area contributed by atoms with Crippen LogP contribution >= 0.6 is 11.8 Å². The van der Waals surface area contributed by atoms with Crippen LogP contribution in [0.5, 0.6) is 0 Å². The maximum atomic E-state index is 5.34. The van der Waals surface area contributed by atoms with E-state index in [2.05, 4.69) is 22.3 Å². The molecule has 0 amide bonds. The molecular formula is C9H15N3OS. The molecule has 0 spiro atoms. The molecule has 0 bridgehead atoms. The number of nitrogens with zero attached hydrogens (tertiary/aromatic N) is 2. The molecule has 0 radical (unpaired) electrons. The number of thioether (sulfide) groups is 1. The van der Waals surface area contributed by atoms with E-state index in [1.807, 2.05) is 0 Å². The third-order valence-electron chi connectivity index (χ3n) is 2.63. The highest BCUT2D eigenvalue weighted by Crippen LogP contribution is 2.31. The smallest absolute Gasteiger partial charge is 0.138 e. The maximum Gasteiger partial charge on any atom is 0.138 e. The average Bonchev–Trinajstić information content (AvgIpc) is 2.72. The van der Waals surface area contributed by atoms with E-state index in [0.29, 0.717) is 5.25 Å². The molecule has 14 heavy (non-hydrogen) atoms. The van der Waals surface area contributed by atoms with Gasteiger partial charge in [-0.1, -0.05) is 18.7 Å². The first-order valence-electron chi connectivity index (χ1n) is 4.96. The highest BCUT2D eigenvalue weighted by atomic mass is 32.2. The minimum Gasteiger partial charge on any atom is -0.381 e. The fraction of sp³-hybridized carbons (Fsp3) is 0.778.